The van der Waals surface area contributed by atoms with E-state index in [0.29, 0.717) is 10.7 Å². The van der Waals surface area contributed by atoms with Gasteiger partial charge < -0.3 is 10.2 Å². The van der Waals surface area contributed by atoms with E-state index in [1.165, 1.54) is 17.0 Å². The summed E-state index contributed by atoms with van der Waals surface area (Å²) in [6.07, 6.45) is 0.736. The smallest absolute Gasteiger partial charge is 0.264 e. The molecule has 2 atom stereocenters. The van der Waals surface area contributed by atoms with Gasteiger partial charge in [0, 0.05) is 17.6 Å². The Kier molecular flexibility index (Phi) is 10.2. The van der Waals surface area contributed by atoms with Crippen LogP contribution in [-0.2, 0) is 26.2 Å². The zero-order chi connectivity index (χ0) is 28.7. The molecular weight excluding hydrogens is 534 g/mol. The Morgan fingerprint density at radius 1 is 0.872 bits per heavy atom. The third-order valence-corrected chi connectivity index (χ3v) is 8.68. The maximum absolute atomic E-state index is 13.9. The van der Waals surface area contributed by atoms with Gasteiger partial charge in [-0.3, -0.25) is 13.9 Å². The van der Waals surface area contributed by atoms with Gasteiger partial charge >= 0.3 is 0 Å². The fraction of sp³-hybridized carbons (Fsp3) is 0.333. The largest absolute Gasteiger partial charge is 0.352 e. The van der Waals surface area contributed by atoms with Gasteiger partial charge in [0.25, 0.3) is 10.0 Å². The van der Waals surface area contributed by atoms with Gasteiger partial charge in [-0.05, 0) is 76.1 Å². The molecule has 0 fully saturated rings. The molecule has 0 aliphatic heterocycles. The van der Waals surface area contributed by atoms with Crippen molar-refractivity contribution in [2.75, 3.05) is 10.8 Å². The monoisotopic (exact) mass is 569 g/mol. The highest BCUT2D eigenvalue weighted by Crippen LogP contribution is 2.25. The number of benzene rings is 3. The third kappa shape index (κ3) is 7.83. The first-order chi connectivity index (χ1) is 18.4. The summed E-state index contributed by atoms with van der Waals surface area (Å²) in [5, 5.41) is 3.48. The van der Waals surface area contributed by atoms with Gasteiger partial charge in [-0.1, -0.05) is 66.0 Å². The summed E-state index contributed by atoms with van der Waals surface area (Å²) < 4.78 is 28.8. The number of carbonyl (C=O) groups is 2. The van der Waals surface area contributed by atoms with Crippen LogP contribution in [0.5, 0.6) is 0 Å². The molecule has 0 aromatic heterocycles. The van der Waals surface area contributed by atoms with E-state index in [1.807, 2.05) is 27.7 Å². The minimum Gasteiger partial charge on any atom is -0.352 e. The summed E-state index contributed by atoms with van der Waals surface area (Å²) in [6, 6.07) is 19.5. The quantitative estimate of drug-likeness (QED) is 0.331. The van der Waals surface area contributed by atoms with Crippen LogP contribution in [0.25, 0.3) is 0 Å². The molecule has 0 bridgehead atoms. The average Bonchev–Trinajstić information content (AvgIpc) is 2.91. The van der Waals surface area contributed by atoms with Crippen LogP contribution in [0.2, 0.25) is 5.02 Å². The van der Waals surface area contributed by atoms with Gasteiger partial charge in [-0.15, -0.1) is 0 Å². The molecule has 0 unspecified atom stereocenters. The maximum atomic E-state index is 13.9. The van der Waals surface area contributed by atoms with Crippen LogP contribution >= 0.6 is 11.6 Å². The van der Waals surface area contributed by atoms with E-state index in [0.717, 1.165) is 27.4 Å². The standard InChI is InChI=1S/C30H36ClN3O4S/c1-6-23(4)32-30(36)24(5)33(19-25-11-13-26(31)14-12-25)29(35)20-34(27-15-7-21(2)8-16-27)39(37,38)28-17-9-22(3)10-18-28/h7-18,23-24H,6,19-20H2,1-5H3,(H,32,36)/t23-,24-/m0/s1. The lowest BCUT2D eigenvalue weighted by Crippen LogP contribution is -2.52. The molecule has 0 saturated carbocycles. The lowest BCUT2D eigenvalue weighted by molar-refractivity contribution is -0.139. The predicted molar refractivity (Wildman–Crippen MR) is 156 cm³/mol. The van der Waals surface area contributed by atoms with Crippen LogP contribution in [0.4, 0.5) is 5.69 Å². The molecule has 0 heterocycles. The van der Waals surface area contributed by atoms with Gasteiger partial charge in [-0.25, -0.2) is 8.42 Å². The topological polar surface area (TPSA) is 86.8 Å². The lowest BCUT2D eigenvalue weighted by atomic mass is 10.1. The Morgan fingerprint density at radius 3 is 1.95 bits per heavy atom. The number of nitrogens with one attached hydrogen (secondary N) is 1. The summed E-state index contributed by atoms with van der Waals surface area (Å²) >= 11 is 6.04. The number of anilines is 1. The maximum Gasteiger partial charge on any atom is 0.264 e. The van der Waals surface area contributed by atoms with Crippen LogP contribution < -0.4 is 9.62 Å². The number of hydrogen-bond acceptors (Lipinski definition) is 4. The number of nitrogens with zero attached hydrogens (tertiary/aromatic N) is 2. The van der Waals surface area contributed by atoms with E-state index < -0.39 is 28.5 Å². The van der Waals surface area contributed by atoms with E-state index in [2.05, 4.69) is 5.32 Å². The highest BCUT2D eigenvalue weighted by molar-refractivity contribution is 7.92. The van der Waals surface area contributed by atoms with Crippen LogP contribution in [0.1, 0.15) is 43.9 Å². The van der Waals surface area contributed by atoms with Gasteiger partial charge in [0.05, 0.1) is 10.6 Å². The second-order valence-corrected chi connectivity index (χ2v) is 12.1. The Bertz CT molecular complexity index is 1380. The summed E-state index contributed by atoms with van der Waals surface area (Å²) in [5.41, 5.74) is 3.00. The summed E-state index contributed by atoms with van der Waals surface area (Å²) in [7, 11) is -4.09. The molecule has 0 aliphatic carbocycles. The van der Waals surface area contributed by atoms with Crippen LogP contribution in [0.15, 0.2) is 77.7 Å². The fourth-order valence-electron chi connectivity index (χ4n) is 3.91. The molecule has 9 heteroatoms. The molecule has 208 valence electrons. The van der Waals surface area contributed by atoms with Crippen molar-refractivity contribution in [3.8, 4) is 0 Å². The number of rotatable bonds is 11. The first-order valence-corrected chi connectivity index (χ1v) is 14.7. The van der Waals surface area contributed by atoms with Crippen molar-refractivity contribution >= 4 is 39.1 Å². The molecule has 0 spiro atoms. The van der Waals surface area contributed by atoms with E-state index in [-0.39, 0.29) is 23.4 Å². The minimum atomic E-state index is -4.09. The first-order valence-electron chi connectivity index (χ1n) is 12.9. The summed E-state index contributed by atoms with van der Waals surface area (Å²) in [4.78, 5) is 28.5. The van der Waals surface area contributed by atoms with Crippen LogP contribution in [-0.4, -0.2) is 43.8 Å². The Balaban J connectivity index is 2.01. The lowest BCUT2D eigenvalue weighted by Gasteiger charge is -2.32. The van der Waals surface area contributed by atoms with Crippen molar-refractivity contribution < 1.29 is 18.0 Å². The molecule has 2 amide bonds. The predicted octanol–water partition coefficient (Wildman–Crippen LogP) is 5.48. The number of aryl methyl sites for hydroxylation is 2. The Morgan fingerprint density at radius 2 is 1.41 bits per heavy atom. The van der Waals surface area contributed by atoms with Crippen molar-refractivity contribution in [3.63, 3.8) is 0 Å². The van der Waals surface area contributed by atoms with E-state index in [4.69, 9.17) is 11.6 Å². The number of sulfonamides is 1. The highest BCUT2D eigenvalue weighted by Gasteiger charge is 2.32. The highest BCUT2D eigenvalue weighted by atomic mass is 35.5. The third-order valence-electron chi connectivity index (χ3n) is 6.64. The van der Waals surface area contributed by atoms with E-state index in [1.54, 1.807) is 67.6 Å². The van der Waals surface area contributed by atoms with Gasteiger partial charge in [0.1, 0.15) is 12.6 Å². The van der Waals surface area contributed by atoms with Crippen LogP contribution in [0, 0.1) is 13.8 Å². The molecule has 3 aromatic rings. The molecule has 0 saturated heterocycles. The van der Waals surface area contributed by atoms with Crippen molar-refractivity contribution in [2.45, 2.75) is 64.6 Å². The van der Waals surface area contributed by atoms with E-state index >= 15 is 0 Å². The van der Waals surface area contributed by atoms with Gasteiger partial charge in [0.2, 0.25) is 11.8 Å². The minimum absolute atomic E-state index is 0.0709. The number of carbonyl (C=O) groups excluding carboxylic acids is 2. The molecule has 0 radical (unpaired) electrons. The molecular formula is C30H36ClN3O4S. The summed E-state index contributed by atoms with van der Waals surface area (Å²) in [6.45, 7) is 8.91. The SMILES string of the molecule is CC[C@H](C)NC(=O)[C@H](C)N(Cc1ccc(Cl)cc1)C(=O)CN(c1ccc(C)cc1)S(=O)(=O)c1ccc(C)cc1. The van der Waals surface area contributed by atoms with Crippen molar-refractivity contribution in [2.24, 2.45) is 0 Å². The van der Waals surface area contributed by atoms with Gasteiger partial charge in [-0.2, -0.15) is 0 Å². The van der Waals surface area contributed by atoms with Crippen molar-refractivity contribution in [1.82, 2.24) is 10.2 Å². The normalized spacial score (nSPS) is 12.9. The average molecular weight is 570 g/mol. The zero-order valence-electron chi connectivity index (χ0n) is 23.0. The number of halogens is 1. The molecule has 3 rings (SSSR count). The van der Waals surface area contributed by atoms with Crippen LogP contribution in [0.3, 0.4) is 0 Å². The Hall–Kier alpha value is -3.36. The second kappa shape index (κ2) is 13.1. The van der Waals surface area contributed by atoms with Gasteiger partial charge in [0.15, 0.2) is 0 Å². The molecule has 1 N–H and O–H groups in total. The Labute approximate surface area is 236 Å². The number of amides is 2. The summed E-state index contributed by atoms with van der Waals surface area (Å²) in [5.74, 6) is -0.817. The van der Waals surface area contributed by atoms with Crippen molar-refractivity contribution in [3.05, 3.63) is 94.5 Å². The molecule has 3 aromatic carbocycles. The van der Waals surface area contributed by atoms with E-state index in [9.17, 15) is 18.0 Å². The second-order valence-electron chi connectivity index (χ2n) is 9.80. The van der Waals surface area contributed by atoms with Crippen molar-refractivity contribution in [1.29, 1.82) is 0 Å². The molecule has 39 heavy (non-hydrogen) atoms. The number of hydrogen-bond donors (Lipinski definition) is 1. The molecule has 7 nitrogen and oxygen atoms in total. The fourth-order valence-corrected chi connectivity index (χ4v) is 5.45. The first kappa shape index (κ1) is 30.2. The zero-order valence-corrected chi connectivity index (χ0v) is 24.6. The molecule has 0 aliphatic rings.